The van der Waals surface area contributed by atoms with Crippen LogP contribution in [-0.2, 0) is 6.54 Å². The first kappa shape index (κ1) is 20.4. The molecular formula is C26H24Cl3N. The lowest BCUT2D eigenvalue weighted by molar-refractivity contribution is 0.294. The van der Waals surface area contributed by atoms with Crippen LogP contribution in [0.25, 0.3) is 0 Å². The molecule has 3 aliphatic carbocycles. The summed E-state index contributed by atoms with van der Waals surface area (Å²) >= 11 is 14.4. The van der Waals surface area contributed by atoms with Crippen molar-refractivity contribution >= 4 is 34.8 Å². The van der Waals surface area contributed by atoms with E-state index in [-0.39, 0.29) is 0 Å². The monoisotopic (exact) mass is 455 g/mol. The fourth-order valence-corrected chi connectivity index (χ4v) is 6.03. The van der Waals surface area contributed by atoms with E-state index >= 15 is 0 Å². The van der Waals surface area contributed by atoms with Crippen LogP contribution >= 0.6 is 34.8 Å². The van der Waals surface area contributed by atoms with E-state index in [1.165, 1.54) is 18.7 Å². The summed E-state index contributed by atoms with van der Waals surface area (Å²) in [5, 5.41) is 0. The van der Waals surface area contributed by atoms with Gasteiger partial charge in [-0.1, -0.05) is 114 Å². The summed E-state index contributed by atoms with van der Waals surface area (Å²) in [7, 11) is 0. The third-order valence-electron chi connectivity index (χ3n) is 6.93. The first-order valence-electron chi connectivity index (χ1n) is 10.5. The van der Waals surface area contributed by atoms with Gasteiger partial charge in [0, 0.05) is 31.5 Å². The molecule has 0 amide bonds. The molecule has 2 atom stereocenters. The minimum atomic E-state index is -0.750. The number of likely N-dealkylation sites (tertiary alicyclic amines) is 1. The van der Waals surface area contributed by atoms with Gasteiger partial charge in [-0.2, -0.15) is 0 Å². The van der Waals surface area contributed by atoms with Crippen LogP contribution in [0.1, 0.15) is 39.7 Å². The zero-order valence-corrected chi connectivity index (χ0v) is 18.9. The van der Waals surface area contributed by atoms with Crippen LogP contribution < -0.4 is 0 Å². The van der Waals surface area contributed by atoms with Crippen LogP contribution in [0.15, 0.2) is 78.9 Å². The maximum Gasteiger partial charge on any atom is 0.180 e. The van der Waals surface area contributed by atoms with E-state index in [1.807, 2.05) is 0 Å². The minimum Gasteiger partial charge on any atom is -0.298 e. The summed E-state index contributed by atoms with van der Waals surface area (Å²) < 4.78 is -0.750. The standard InChI is InChI=1S/C25H23N.CHCl3/c1-2-8-17(9-3-1)14-26-15-22-23(16-26)25-19-11-5-4-10-18(19)24(22)20-12-6-7-13-21(20)25;2-1(3)4/h1-13,22-25H,14-16H2;1H/t22-,23+,24?,25?;. The van der Waals surface area contributed by atoms with Crippen molar-refractivity contribution in [3.05, 3.63) is 107 Å². The van der Waals surface area contributed by atoms with Gasteiger partial charge in [0.05, 0.1) is 0 Å². The van der Waals surface area contributed by atoms with Gasteiger partial charge in [-0.3, -0.25) is 4.90 Å². The van der Waals surface area contributed by atoms with Gasteiger partial charge >= 0.3 is 0 Å². The quantitative estimate of drug-likeness (QED) is 0.375. The number of rotatable bonds is 2. The number of nitrogens with zero attached hydrogens (tertiary/aromatic N) is 1. The molecule has 0 saturated carbocycles. The lowest BCUT2D eigenvalue weighted by Gasteiger charge is -2.48. The van der Waals surface area contributed by atoms with Crippen molar-refractivity contribution in [1.82, 2.24) is 4.90 Å². The second kappa shape index (κ2) is 8.55. The van der Waals surface area contributed by atoms with Crippen LogP contribution in [0.2, 0.25) is 0 Å². The summed E-state index contributed by atoms with van der Waals surface area (Å²) in [5.74, 6) is 2.68. The number of alkyl halides is 3. The molecule has 1 heterocycles. The summed E-state index contributed by atoms with van der Waals surface area (Å²) in [6.45, 7) is 3.53. The maximum absolute atomic E-state index is 4.81. The molecule has 0 radical (unpaired) electrons. The van der Waals surface area contributed by atoms with E-state index in [1.54, 1.807) is 22.3 Å². The Bertz CT molecular complexity index is 911. The average molecular weight is 457 g/mol. The summed E-state index contributed by atoms with van der Waals surface area (Å²) in [6, 6.07) is 29.4. The second-order valence-electron chi connectivity index (χ2n) is 8.47. The van der Waals surface area contributed by atoms with Gasteiger partial charge in [0.2, 0.25) is 0 Å². The first-order chi connectivity index (χ1) is 14.6. The summed E-state index contributed by atoms with van der Waals surface area (Å²) in [5.41, 5.74) is 7.82. The Morgan fingerprint density at radius 3 is 1.40 bits per heavy atom. The van der Waals surface area contributed by atoms with E-state index in [9.17, 15) is 0 Å². The molecule has 0 aromatic heterocycles. The van der Waals surface area contributed by atoms with Crippen molar-refractivity contribution in [1.29, 1.82) is 0 Å². The lowest BCUT2D eigenvalue weighted by Crippen LogP contribution is -2.39. The normalized spacial score (nSPS) is 25.9. The van der Waals surface area contributed by atoms with Gasteiger partial charge in [-0.15, -0.1) is 0 Å². The topological polar surface area (TPSA) is 3.24 Å². The molecule has 3 aromatic carbocycles. The zero-order valence-electron chi connectivity index (χ0n) is 16.6. The van der Waals surface area contributed by atoms with E-state index in [4.69, 9.17) is 34.8 Å². The molecule has 0 unspecified atom stereocenters. The van der Waals surface area contributed by atoms with Crippen molar-refractivity contribution in [3.8, 4) is 0 Å². The van der Waals surface area contributed by atoms with Crippen LogP contribution in [0.4, 0.5) is 0 Å². The van der Waals surface area contributed by atoms with Crippen molar-refractivity contribution in [3.63, 3.8) is 0 Å². The van der Waals surface area contributed by atoms with Crippen molar-refractivity contribution in [2.24, 2.45) is 11.8 Å². The van der Waals surface area contributed by atoms with Gasteiger partial charge in [0.25, 0.3) is 0 Å². The highest BCUT2D eigenvalue weighted by atomic mass is 35.6. The van der Waals surface area contributed by atoms with Crippen molar-refractivity contribution in [2.45, 2.75) is 22.7 Å². The highest BCUT2D eigenvalue weighted by Gasteiger charge is 2.52. The first-order valence-corrected chi connectivity index (χ1v) is 11.8. The van der Waals surface area contributed by atoms with Crippen molar-refractivity contribution < 1.29 is 0 Å². The highest BCUT2D eigenvalue weighted by Crippen LogP contribution is 2.60. The van der Waals surface area contributed by atoms with E-state index in [0.717, 1.165) is 18.4 Å². The molecule has 4 aliphatic rings. The summed E-state index contributed by atoms with van der Waals surface area (Å²) in [6.07, 6.45) is 0. The maximum atomic E-state index is 4.81. The largest absolute Gasteiger partial charge is 0.298 e. The molecule has 3 aromatic rings. The Kier molecular flexibility index (Phi) is 5.82. The fourth-order valence-electron chi connectivity index (χ4n) is 6.03. The molecule has 4 heteroatoms. The molecule has 1 nitrogen and oxygen atoms in total. The van der Waals surface area contributed by atoms with Crippen LogP contribution in [0.5, 0.6) is 0 Å². The Hall–Kier alpha value is -1.51. The molecule has 30 heavy (non-hydrogen) atoms. The van der Waals surface area contributed by atoms with Gasteiger partial charge in [-0.05, 0) is 39.7 Å². The Balaban J connectivity index is 0.000000446. The van der Waals surface area contributed by atoms with Crippen LogP contribution in [-0.4, -0.2) is 22.3 Å². The zero-order chi connectivity index (χ0) is 20.7. The molecule has 1 aliphatic heterocycles. The molecule has 7 rings (SSSR count). The fraction of sp³-hybridized carbons (Fsp3) is 0.308. The van der Waals surface area contributed by atoms with Gasteiger partial charge in [0.1, 0.15) is 0 Å². The predicted molar refractivity (Wildman–Crippen MR) is 127 cm³/mol. The van der Waals surface area contributed by atoms with Crippen molar-refractivity contribution in [2.75, 3.05) is 13.1 Å². The molecule has 1 saturated heterocycles. The second-order valence-corrected chi connectivity index (χ2v) is 10.4. The smallest absolute Gasteiger partial charge is 0.180 e. The molecule has 0 spiro atoms. The lowest BCUT2D eigenvalue weighted by atomic mass is 9.55. The highest BCUT2D eigenvalue weighted by molar-refractivity contribution is 6.63. The number of halogens is 3. The average Bonchev–Trinajstić information content (AvgIpc) is 3.17. The SMILES string of the molecule is ClC(Cl)Cl.c1ccc(CN2C[C@@H]3C4c5ccccc5C(c5ccccc54)[C@@H]3C2)cc1. The van der Waals surface area contributed by atoms with Gasteiger partial charge < -0.3 is 0 Å². The number of hydrogen-bond acceptors (Lipinski definition) is 1. The van der Waals surface area contributed by atoms with Crippen LogP contribution in [0, 0.1) is 11.8 Å². The minimum absolute atomic E-state index is 0.582. The summed E-state index contributed by atoms with van der Waals surface area (Å²) in [4.78, 5) is 2.70. The molecular weight excluding hydrogens is 433 g/mol. The molecule has 2 bridgehead atoms. The van der Waals surface area contributed by atoms with Gasteiger partial charge in [-0.25, -0.2) is 0 Å². The third kappa shape index (κ3) is 3.67. The molecule has 0 N–H and O–H groups in total. The number of hydrogen-bond donors (Lipinski definition) is 0. The van der Waals surface area contributed by atoms with E-state index in [2.05, 4.69) is 83.8 Å². The Morgan fingerprint density at radius 1 is 0.633 bits per heavy atom. The van der Waals surface area contributed by atoms with Crippen LogP contribution in [0.3, 0.4) is 0 Å². The number of benzene rings is 3. The Labute approximate surface area is 193 Å². The molecule has 1 fully saturated rings. The van der Waals surface area contributed by atoms with E-state index < -0.39 is 4.30 Å². The third-order valence-corrected chi connectivity index (χ3v) is 6.93. The van der Waals surface area contributed by atoms with E-state index in [0.29, 0.717) is 11.8 Å². The molecule has 154 valence electrons. The predicted octanol–water partition coefficient (Wildman–Crippen LogP) is 7.01. The Morgan fingerprint density at radius 2 is 1.00 bits per heavy atom. The van der Waals surface area contributed by atoms with Gasteiger partial charge in [0.15, 0.2) is 4.30 Å².